The molecule has 1 saturated heterocycles. The number of halogens is 1. The SMILES string of the molecule is CN(C)C(=O)CN=C(NC1CCCC1)NC1CCN(C2CCCCC2)CC1.I. The van der Waals surface area contributed by atoms with E-state index in [1.54, 1.807) is 19.0 Å². The Kier molecular flexibility index (Phi) is 10.3. The molecule has 7 heteroatoms. The Morgan fingerprint density at radius 2 is 1.43 bits per heavy atom. The van der Waals surface area contributed by atoms with Crippen molar-refractivity contribution >= 4 is 35.8 Å². The summed E-state index contributed by atoms with van der Waals surface area (Å²) in [5.41, 5.74) is 0. The first kappa shape index (κ1) is 23.7. The van der Waals surface area contributed by atoms with Crippen LogP contribution in [0, 0.1) is 0 Å². The number of amides is 1. The summed E-state index contributed by atoms with van der Waals surface area (Å²) in [6.45, 7) is 2.60. The molecule has 0 aromatic rings. The van der Waals surface area contributed by atoms with Gasteiger partial charge in [0, 0.05) is 45.3 Å². The van der Waals surface area contributed by atoms with Crippen LogP contribution in [-0.2, 0) is 4.79 Å². The van der Waals surface area contributed by atoms with E-state index in [2.05, 4.69) is 20.5 Å². The third kappa shape index (κ3) is 7.35. The maximum atomic E-state index is 12.0. The number of likely N-dealkylation sites (tertiary alicyclic amines) is 1. The number of hydrogen-bond acceptors (Lipinski definition) is 3. The predicted molar refractivity (Wildman–Crippen MR) is 126 cm³/mol. The molecule has 6 nitrogen and oxygen atoms in total. The van der Waals surface area contributed by atoms with Crippen LogP contribution in [-0.4, -0.2) is 73.5 Å². The van der Waals surface area contributed by atoms with Gasteiger partial charge in [-0.3, -0.25) is 4.79 Å². The van der Waals surface area contributed by atoms with Crippen LogP contribution in [0.5, 0.6) is 0 Å². The largest absolute Gasteiger partial charge is 0.354 e. The molecule has 1 heterocycles. The summed E-state index contributed by atoms with van der Waals surface area (Å²) in [5.74, 6) is 0.892. The number of piperidine rings is 1. The lowest BCUT2D eigenvalue weighted by atomic mass is 9.92. The lowest BCUT2D eigenvalue weighted by Crippen LogP contribution is -2.52. The van der Waals surface area contributed by atoms with Crippen molar-refractivity contribution < 1.29 is 4.79 Å². The molecule has 3 aliphatic rings. The van der Waals surface area contributed by atoms with Gasteiger partial charge in [0.15, 0.2) is 5.96 Å². The first-order chi connectivity index (χ1) is 13.1. The minimum atomic E-state index is 0. The van der Waals surface area contributed by atoms with Gasteiger partial charge in [0.05, 0.1) is 0 Å². The van der Waals surface area contributed by atoms with Crippen LogP contribution < -0.4 is 10.6 Å². The van der Waals surface area contributed by atoms with E-state index in [-0.39, 0.29) is 36.4 Å². The highest BCUT2D eigenvalue weighted by molar-refractivity contribution is 14.0. The zero-order valence-electron chi connectivity index (χ0n) is 17.8. The second kappa shape index (κ2) is 12.2. The highest BCUT2D eigenvalue weighted by Crippen LogP contribution is 2.25. The minimum Gasteiger partial charge on any atom is -0.354 e. The first-order valence-electron chi connectivity index (χ1n) is 11.1. The molecular formula is C21H40IN5O. The van der Waals surface area contributed by atoms with Crippen LogP contribution in [0.25, 0.3) is 0 Å². The van der Waals surface area contributed by atoms with Gasteiger partial charge in [-0.15, -0.1) is 24.0 Å². The number of guanidine groups is 1. The number of hydrogen-bond donors (Lipinski definition) is 2. The van der Waals surface area contributed by atoms with Crippen LogP contribution in [0.3, 0.4) is 0 Å². The van der Waals surface area contributed by atoms with Crippen molar-refractivity contribution in [3.63, 3.8) is 0 Å². The third-order valence-electron chi connectivity index (χ3n) is 6.53. The second-order valence-corrected chi connectivity index (χ2v) is 8.83. The van der Waals surface area contributed by atoms with Crippen molar-refractivity contribution in [2.75, 3.05) is 33.7 Å². The summed E-state index contributed by atoms with van der Waals surface area (Å²) in [6, 6.07) is 1.79. The summed E-state index contributed by atoms with van der Waals surface area (Å²) in [7, 11) is 3.58. The molecule has 2 saturated carbocycles. The zero-order chi connectivity index (χ0) is 19.1. The average molecular weight is 505 g/mol. The molecule has 0 unspecified atom stereocenters. The lowest BCUT2D eigenvalue weighted by molar-refractivity contribution is -0.127. The Hall–Kier alpha value is -0.570. The van der Waals surface area contributed by atoms with Crippen LogP contribution in [0.4, 0.5) is 0 Å². The van der Waals surface area contributed by atoms with Gasteiger partial charge >= 0.3 is 0 Å². The molecule has 0 atom stereocenters. The summed E-state index contributed by atoms with van der Waals surface area (Å²) in [6.07, 6.45) is 14.4. The number of aliphatic imine (C=N–C) groups is 1. The number of rotatable bonds is 5. The fraction of sp³-hybridized carbons (Fsp3) is 0.905. The molecule has 1 aliphatic heterocycles. The molecule has 0 bridgehead atoms. The number of nitrogens with zero attached hydrogens (tertiary/aromatic N) is 3. The minimum absolute atomic E-state index is 0. The van der Waals surface area contributed by atoms with E-state index in [1.165, 1.54) is 83.7 Å². The molecule has 3 rings (SSSR count). The van der Waals surface area contributed by atoms with Gasteiger partial charge in [0.2, 0.25) is 5.91 Å². The third-order valence-corrected chi connectivity index (χ3v) is 6.53. The van der Waals surface area contributed by atoms with Crippen LogP contribution >= 0.6 is 24.0 Å². The summed E-state index contributed by atoms with van der Waals surface area (Å²) in [5, 5.41) is 7.23. The molecule has 0 aromatic carbocycles. The predicted octanol–water partition coefficient (Wildman–Crippen LogP) is 2.97. The molecule has 162 valence electrons. The van der Waals surface area contributed by atoms with Crippen molar-refractivity contribution in [3.8, 4) is 0 Å². The van der Waals surface area contributed by atoms with Crippen molar-refractivity contribution in [2.24, 2.45) is 4.99 Å². The number of likely N-dealkylation sites (N-methyl/N-ethyl adjacent to an activating group) is 1. The molecular weight excluding hydrogens is 465 g/mol. The molecule has 28 heavy (non-hydrogen) atoms. The summed E-state index contributed by atoms with van der Waals surface area (Å²) in [4.78, 5) is 20.9. The average Bonchev–Trinajstić information content (AvgIpc) is 3.20. The van der Waals surface area contributed by atoms with Crippen molar-refractivity contribution in [3.05, 3.63) is 0 Å². The maximum Gasteiger partial charge on any atom is 0.243 e. The highest BCUT2D eigenvalue weighted by atomic mass is 127. The molecule has 0 spiro atoms. The normalized spacial score (nSPS) is 23.3. The molecule has 2 N–H and O–H groups in total. The topological polar surface area (TPSA) is 60.0 Å². The fourth-order valence-corrected chi connectivity index (χ4v) is 4.73. The smallest absolute Gasteiger partial charge is 0.243 e. The number of carbonyl (C=O) groups excluding carboxylic acids is 1. The molecule has 3 fully saturated rings. The molecule has 1 amide bonds. The maximum absolute atomic E-state index is 12.0. The number of nitrogens with one attached hydrogen (secondary N) is 2. The van der Waals surface area contributed by atoms with Gasteiger partial charge in [0.1, 0.15) is 6.54 Å². The van der Waals surface area contributed by atoms with Gasteiger partial charge < -0.3 is 20.4 Å². The van der Waals surface area contributed by atoms with E-state index in [1.807, 2.05) is 0 Å². The van der Waals surface area contributed by atoms with E-state index in [9.17, 15) is 4.79 Å². The Balaban J connectivity index is 0.00000280. The monoisotopic (exact) mass is 505 g/mol. The Labute approximate surface area is 188 Å². The van der Waals surface area contributed by atoms with E-state index in [0.717, 1.165) is 12.0 Å². The summed E-state index contributed by atoms with van der Waals surface area (Å²) >= 11 is 0. The Bertz CT molecular complexity index is 493. The van der Waals surface area contributed by atoms with Crippen LogP contribution in [0.1, 0.15) is 70.6 Å². The van der Waals surface area contributed by atoms with Crippen molar-refractivity contribution in [1.29, 1.82) is 0 Å². The molecule has 0 aromatic heterocycles. The van der Waals surface area contributed by atoms with E-state index in [4.69, 9.17) is 0 Å². The van der Waals surface area contributed by atoms with Crippen LogP contribution in [0.2, 0.25) is 0 Å². The zero-order valence-corrected chi connectivity index (χ0v) is 20.1. The van der Waals surface area contributed by atoms with E-state index < -0.39 is 0 Å². The van der Waals surface area contributed by atoms with Gasteiger partial charge in [-0.05, 0) is 38.5 Å². The summed E-state index contributed by atoms with van der Waals surface area (Å²) < 4.78 is 0. The van der Waals surface area contributed by atoms with Gasteiger partial charge in [-0.25, -0.2) is 4.99 Å². The van der Waals surface area contributed by atoms with E-state index >= 15 is 0 Å². The highest BCUT2D eigenvalue weighted by Gasteiger charge is 2.27. The van der Waals surface area contributed by atoms with E-state index in [0.29, 0.717) is 12.1 Å². The van der Waals surface area contributed by atoms with Gasteiger partial charge in [-0.1, -0.05) is 32.1 Å². The fourth-order valence-electron chi connectivity index (χ4n) is 4.73. The quantitative estimate of drug-likeness (QED) is 0.343. The Morgan fingerprint density at radius 3 is 2.00 bits per heavy atom. The standard InChI is InChI=1S/C21H39N5O.HI/c1-25(2)20(27)16-22-21(23-17-8-6-7-9-17)24-18-12-14-26(15-13-18)19-10-4-3-5-11-19;/h17-19H,3-16H2,1-2H3,(H2,22,23,24);1H. The second-order valence-electron chi connectivity index (χ2n) is 8.83. The van der Waals surface area contributed by atoms with Crippen molar-refractivity contribution in [1.82, 2.24) is 20.4 Å². The first-order valence-corrected chi connectivity index (χ1v) is 11.1. The lowest BCUT2D eigenvalue weighted by Gasteiger charge is -2.39. The Morgan fingerprint density at radius 1 is 0.893 bits per heavy atom. The number of carbonyl (C=O) groups is 1. The molecule has 0 radical (unpaired) electrons. The van der Waals surface area contributed by atoms with Crippen molar-refractivity contribution in [2.45, 2.75) is 88.8 Å². The van der Waals surface area contributed by atoms with Gasteiger partial charge in [0.25, 0.3) is 0 Å². The molecule has 2 aliphatic carbocycles. The van der Waals surface area contributed by atoms with Crippen LogP contribution in [0.15, 0.2) is 4.99 Å². The van der Waals surface area contributed by atoms with Gasteiger partial charge in [-0.2, -0.15) is 0 Å².